The quantitative estimate of drug-likeness (QED) is 0.410. The fourth-order valence-electron chi connectivity index (χ4n) is 3.13. The van der Waals surface area contributed by atoms with E-state index in [1.807, 2.05) is 18.8 Å². The molecule has 0 amide bonds. The number of hydrogen-bond donors (Lipinski definition) is 2. The van der Waals surface area contributed by atoms with E-state index in [2.05, 4.69) is 40.6 Å². The Morgan fingerprint density at radius 3 is 2.43 bits per heavy atom. The predicted molar refractivity (Wildman–Crippen MR) is 96.4 cm³/mol. The Morgan fingerprint density at radius 2 is 1.81 bits per heavy atom. The van der Waals surface area contributed by atoms with Gasteiger partial charge in [0.05, 0.1) is 0 Å². The zero-order valence-electron chi connectivity index (χ0n) is 14.3. The Kier molecular flexibility index (Phi) is 9.92. The first-order valence-electron chi connectivity index (χ1n) is 8.31. The number of hydrogen-bond acceptors (Lipinski definition) is 3. The van der Waals surface area contributed by atoms with E-state index in [0.717, 1.165) is 36.6 Å². The SMILES string of the molecule is CN=C(NCCCCN1CC(C)CC(C)C1)NCCSC. The molecule has 0 aromatic rings. The first-order chi connectivity index (χ1) is 10.2. The molecule has 0 radical (unpaired) electrons. The van der Waals surface area contributed by atoms with E-state index in [1.54, 1.807) is 0 Å². The molecule has 21 heavy (non-hydrogen) atoms. The van der Waals surface area contributed by atoms with Gasteiger partial charge in [-0.05, 0) is 43.9 Å². The van der Waals surface area contributed by atoms with Crippen LogP contribution in [0.1, 0.15) is 33.1 Å². The summed E-state index contributed by atoms with van der Waals surface area (Å²) in [6.45, 7) is 10.6. The maximum absolute atomic E-state index is 4.24. The van der Waals surface area contributed by atoms with Crippen molar-refractivity contribution >= 4 is 17.7 Å². The minimum atomic E-state index is 0.867. The van der Waals surface area contributed by atoms with Gasteiger partial charge in [-0.15, -0.1) is 0 Å². The highest BCUT2D eigenvalue weighted by Gasteiger charge is 2.20. The van der Waals surface area contributed by atoms with Crippen LogP contribution in [0.15, 0.2) is 4.99 Å². The Hall–Kier alpha value is -0.420. The number of guanidine groups is 1. The Balaban J connectivity index is 2.05. The number of rotatable bonds is 8. The number of aliphatic imine (C=N–C) groups is 1. The summed E-state index contributed by atoms with van der Waals surface area (Å²) in [5.41, 5.74) is 0. The molecule has 1 rings (SSSR count). The zero-order valence-corrected chi connectivity index (χ0v) is 15.1. The van der Waals surface area contributed by atoms with Gasteiger partial charge >= 0.3 is 0 Å². The summed E-state index contributed by atoms with van der Waals surface area (Å²) < 4.78 is 0. The molecule has 1 aliphatic rings. The monoisotopic (exact) mass is 314 g/mol. The van der Waals surface area contributed by atoms with E-state index >= 15 is 0 Å². The summed E-state index contributed by atoms with van der Waals surface area (Å²) in [5, 5.41) is 6.72. The van der Waals surface area contributed by atoms with Gasteiger partial charge in [0.1, 0.15) is 0 Å². The van der Waals surface area contributed by atoms with Crippen molar-refractivity contribution in [3.05, 3.63) is 0 Å². The first kappa shape index (κ1) is 18.6. The molecular formula is C16H34N4S. The number of unbranched alkanes of at least 4 members (excludes halogenated alkanes) is 1. The van der Waals surface area contributed by atoms with Crippen LogP contribution in [0.3, 0.4) is 0 Å². The van der Waals surface area contributed by atoms with Crippen LogP contribution in [0.4, 0.5) is 0 Å². The second kappa shape index (κ2) is 11.2. The topological polar surface area (TPSA) is 39.7 Å². The lowest BCUT2D eigenvalue weighted by Crippen LogP contribution is -2.40. The van der Waals surface area contributed by atoms with Crippen molar-refractivity contribution in [2.45, 2.75) is 33.1 Å². The average molecular weight is 315 g/mol. The first-order valence-corrected chi connectivity index (χ1v) is 9.71. The van der Waals surface area contributed by atoms with Gasteiger partial charge in [-0.1, -0.05) is 13.8 Å². The molecule has 0 spiro atoms. The molecule has 0 saturated carbocycles. The normalized spacial score (nSPS) is 24.1. The van der Waals surface area contributed by atoms with Crippen LogP contribution in [0, 0.1) is 11.8 Å². The summed E-state index contributed by atoms with van der Waals surface area (Å²) in [4.78, 5) is 6.89. The van der Waals surface area contributed by atoms with Crippen molar-refractivity contribution in [3.63, 3.8) is 0 Å². The highest BCUT2D eigenvalue weighted by molar-refractivity contribution is 7.98. The highest BCUT2D eigenvalue weighted by Crippen LogP contribution is 2.20. The van der Waals surface area contributed by atoms with Gasteiger partial charge in [-0.3, -0.25) is 4.99 Å². The molecule has 2 N–H and O–H groups in total. The van der Waals surface area contributed by atoms with Gasteiger partial charge in [-0.2, -0.15) is 11.8 Å². The lowest BCUT2D eigenvalue weighted by atomic mass is 9.92. The third-order valence-corrected chi connectivity index (χ3v) is 4.57. The lowest BCUT2D eigenvalue weighted by Gasteiger charge is -2.34. The minimum absolute atomic E-state index is 0.867. The molecule has 1 heterocycles. The smallest absolute Gasteiger partial charge is 0.191 e. The van der Waals surface area contributed by atoms with Crippen LogP contribution in [0.25, 0.3) is 0 Å². The largest absolute Gasteiger partial charge is 0.356 e. The molecule has 1 fully saturated rings. The second-order valence-corrected chi connectivity index (χ2v) is 7.32. The van der Waals surface area contributed by atoms with E-state index in [9.17, 15) is 0 Å². The van der Waals surface area contributed by atoms with Gasteiger partial charge in [-0.25, -0.2) is 0 Å². The maximum Gasteiger partial charge on any atom is 0.191 e. The fourth-order valence-corrected chi connectivity index (χ4v) is 3.44. The van der Waals surface area contributed by atoms with Gasteiger partial charge in [0.2, 0.25) is 0 Å². The van der Waals surface area contributed by atoms with E-state index in [0.29, 0.717) is 0 Å². The van der Waals surface area contributed by atoms with Crippen molar-refractivity contribution in [1.29, 1.82) is 0 Å². The standard InChI is InChI=1S/C16H34N4S/c1-14-11-15(2)13-20(12-14)9-6-5-7-18-16(17-3)19-8-10-21-4/h14-15H,5-13H2,1-4H3,(H2,17,18,19). The van der Waals surface area contributed by atoms with Crippen molar-refractivity contribution in [1.82, 2.24) is 15.5 Å². The third-order valence-electron chi connectivity index (χ3n) is 3.96. The van der Waals surface area contributed by atoms with Gasteiger partial charge in [0.15, 0.2) is 5.96 Å². The van der Waals surface area contributed by atoms with Crippen LogP contribution < -0.4 is 10.6 Å². The molecule has 0 bridgehead atoms. The van der Waals surface area contributed by atoms with Crippen molar-refractivity contribution in [2.24, 2.45) is 16.8 Å². The number of nitrogens with one attached hydrogen (secondary N) is 2. The zero-order chi connectivity index (χ0) is 15.5. The molecule has 0 aliphatic carbocycles. The Labute approximate surface area is 135 Å². The van der Waals surface area contributed by atoms with Gasteiger partial charge < -0.3 is 15.5 Å². The summed E-state index contributed by atoms with van der Waals surface area (Å²) >= 11 is 1.85. The Morgan fingerprint density at radius 1 is 1.14 bits per heavy atom. The van der Waals surface area contributed by atoms with Crippen LogP contribution in [-0.2, 0) is 0 Å². The molecule has 1 saturated heterocycles. The molecule has 5 heteroatoms. The van der Waals surface area contributed by atoms with Gasteiger partial charge in [0, 0.05) is 39.0 Å². The van der Waals surface area contributed by atoms with E-state index in [4.69, 9.17) is 0 Å². The summed E-state index contributed by atoms with van der Waals surface area (Å²) in [7, 11) is 1.84. The molecule has 0 aromatic heterocycles. The summed E-state index contributed by atoms with van der Waals surface area (Å²) in [5.74, 6) is 3.79. The molecule has 2 unspecified atom stereocenters. The highest BCUT2D eigenvalue weighted by atomic mass is 32.2. The maximum atomic E-state index is 4.24. The summed E-state index contributed by atoms with van der Waals surface area (Å²) in [6, 6.07) is 0. The molecule has 124 valence electrons. The number of likely N-dealkylation sites (tertiary alicyclic amines) is 1. The number of nitrogens with zero attached hydrogens (tertiary/aromatic N) is 2. The lowest BCUT2D eigenvalue weighted by molar-refractivity contribution is 0.139. The molecular weight excluding hydrogens is 280 g/mol. The van der Waals surface area contributed by atoms with Crippen LogP contribution >= 0.6 is 11.8 Å². The molecule has 2 atom stereocenters. The molecule has 4 nitrogen and oxygen atoms in total. The van der Waals surface area contributed by atoms with Crippen molar-refractivity contribution < 1.29 is 0 Å². The second-order valence-electron chi connectivity index (χ2n) is 6.33. The van der Waals surface area contributed by atoms with E-state index in [-0.39, 0.29) is 0 Å². The van der Waals surface area contributed by atoms with Gasteiger partial charge in [0.25, 0.3) is 0 Å². The summed E-state index contributed by atoms with van der Waals surface area (Å²) in [6.07, 6.45) is 6.01. The van der Waals surface area contributed by atoms with Crippen LogP contribution in [0.2, 0.25) is 0 Å². The van der Waals surface area contributed by atoms with Crippen molar-refractivity contribution in [3.8, 4) is 0 Å². The molecule has 0 aromatic carbocycles. The van der Waals surface area contributed by atoms with Crippen molar-refractivity contribution in [2.75, 3.05) is 51.8 Å². The average Bonchev–Trinajstić information content (AvgIpc) is 2.44. The third kappa shape index (κ3) is 8.57. The van der Waals surface area contributed by atoms with Crippen LogP contribution in [0.5, 0.6) is 0 Å². The molecule has 1 aliphatic heterocycles. The van der Waals surface area contributed by atoms with E-state index < -0.39 is 0 Å². The fraction of sp³-hybridized carbons (Fsp3) is 0.938. The van der Waals surface area contributed by atoms with Crippen LogP contribution in [-0.4, -0.2) is 62.6 Å². The minimum Gasteiger partial charge on any atom is -0.356 e. The Bertz CT molecular complexity index is 286. The number of piperidine rings is 1. The van der Waals surface area contributed by atoms with E-state index in [1.165, 1.54) is 38.9 Å². The predicted octanol–water partition coefficient (Wildman–Crippen LogP) is 2.27. The number of thioether (sulfide) groups is 1.